The maximum absolute atomic E-state index is 4.47. The highest BCUT2D eigenvalue weighted by molar-refractivity contribution is 5.25. The fourth-order valence-electron chi connectivity index (χ4n) is 2.16. The van der Waals surface area contributed by atoms with Crippen molar-refractivity contribution >= 4 is 0 Å². The summed E-state index contributed by atoms with van der Waals surface area (Å²) < 4.78 is 2.19. The van der Waals surface area contributed by atoms with Crippen molar-refractivity contribution in [3.05, 3.63) is 17.5 Å². The van der Waals surface area contributed by atoms with Crippen molar-refractivity contribution in [2.45, 2.75) is 45.1 Å². The van der Waals surface area contributed by atoms with Gasteiger partial charge in [0.25, 0.3) is 0 Å². The molecular weight excluding hydrogens is 186 g/mol. The first-order valence-electron chi connectivity index (χ1n) is 6.06. The summed E-state index contributed by atoms with van der Waals surface area (Å²) in [6.45, 7) is 4.29. The highest BCUT2D eigenvalue weighted by Gasteiger charge is 2.29. The van der Waals surface area contributed by atoms with Crippen LogP contribution in [0.3, 0.4) is 0 Å². The van der Waals surface area contributed by atoms with Crippen LogP contribution < -0.4 is 5.32 Å². The maximum Gasteiger partial charge on any atom is 0.0524 e. The monoisotopic (exact) mass is 207 g/mol. The third kappa shape index (κ3) is 2.40. The normalized spacial score (nSPS) is 15.9. The first-order valence-corrected chi connectivity index (χ1v) is 6.06. The topological polar surface area (TPSA) is 29.9 Å². The van der Waals surface area contributed by atoms with E-state index in [2.05, 4.69) is 28.2 Å². The van der Waals surface area contributed by atoms with E-state index in [1.807, 2.05) is 7.05 Å². The van der Waals surface area contributed by atoms with Crippen LogP contribution in [0.1, 0.15) is 43.4 Å². The third-order valence-electron chi connectivity index (χ3n) is 3.10. The van der Waals surface area contributed by atoms with E-state index < -0.39 is 0 Å². The van der Waals surface area contributed by atoms with E-state index in [-0.39, 0.29) is 0 Å². The quantitative estimate of drug-likeness (QED) is 0.722. The molecule has 0 aromatic carbocycles. The van der Waals surface area contributed by atoms with Crippen molar-refractivity contribution in [3.63, 3.8) is 0 Å². The van der Waals surface area contributed by atoms with E-state index in [4.69, 9.17) is 0 Å². The summed E-state index contributed by atoms with van der Waals surface area (Å²) in [5.41, 5.74) is 3.00. The number of hydrogen-bond acceptors (Lipinski definition) is 2. The van der Waals surface area contributed by atoms with Gasteiger partial charge in [0.1, 0.15) is 0 Å². The molecule has 0 aliphatic heterocycles. The van der Waals surface area contributed by atoms with Crippen LogP contribution in [-0.4, -0.2) is 23.4 Å². The van der Waals surface area contributed by atoms with E-state index in [1.54, 1.807) is 0 Å². The molecule has 0 saturated heterocycles. The van der Waals surface area contributed by atoms with E-state index in [0.717, 1.165) is 19.0 Å². The summed E-state index contributed by atoms with van der Waals surface area (Å²) in [6, 6.07) is 0. The zero-order valence-electron chi connectivity index (χ0n) is 9.79. The lowest BCUT2D eigenvalue weighted by Crippen LogP contribution is -2.09. The van der Waals surface area contributed by atoms with Crippen LogP contribution in [0.4, 0.5) is 0 Å². The van der Waals surface area contributed by atoms with E-state index in [0.29, 0.717) is 0 Å². The van der Waals surface area contributed by atoms with Gasteiger partial charge in [-0.2, -0.15) is 5.10 Å². The second-order valence-electron chi connectivity index (χ2n) is 4.35. The number of nitrogens with zero attached hydrogens (tertiary/aromatic N) is 2. The van der Waals surface area contributed by atoms with E-state index >= 15 is 0 Å². The van der Waals surface area contributed by atoms with Crippen molar-refractivity contribution in [1.29, 1.82) is 0 Å². The number of rotatable bonds is 6. The van der Waals surface area contributed by atoms with Gasteiger partial charge < -0.3 is 5.32 Å². The number of aromatic nitrogens is 2. The summed E-state index contributed by atoms with van der Waals surface area (Å²) in [4.78, 5) is 0. The van der Waals surface area contributed by atoms with Crippen molar-refractivity contribution in [2.24, 2.45) is 0 Å². The second kappa shape index (κ2) is 4.79. The molecule has 1 saturated carbocycles. The SMILES string of the molecule is CCn1ncc(CCCNC)c1C1CC1. The highest BCUT2D eigenvalue weighted by atomic mass is 15.3. The first-order chi connectivity index (χ1) is 7.36. The molecule has 1 aliphatic carbocycles. The lowest BCUT2D eigenvalue weighted by molar-refractivity contribution is 0.619. The Morgan fingerprint density at radius 3 is 2.93 bits per heavy atom. The van der Waals surface area contributed by atoms with Crippen LogP contribution >= 0.6 is 0 Å². The van der Waals surface area contributed by atoms with Crippen molar-refractivity contribution in [3.8, 4) is 0 Å². The Morgan fingerprint density at radius 1 is 1.53 bits per heavy atom. The lowest BCUT2D eigenvalue weighted by atomic mass is 10.1. The van der Waals surface area contributed by atoms with Crippen LogP contribution in [0.5, 0.6) is 0 Å². The fraction of sp³-hybridized carbons (Fsp3) is 0.750. The van der Waals surface area contributed by atoms with Crippen LogP contribution in [0.25, 0.3) is 0 Å². The molecule has 0 bridgehead atoms. The summed E-state index contributed by atoms with van der Waals surface area (Å²) in [5.74, 6) is 0.817. The van der Waals surface area contributed by atoms with Gasteiger partial charge in [-0.05, 0) is 51.8 Å². The number of hydrogen-bond donors (Lipinski definition) is 1. The van der Waals surface area contributed by atoms with Crippen LogP contribution in [0.2, 0.25) is 0 Å². The van der Waals surface area contributed by atoms with Crippen molar-refractivity contribution < 1.29 is 0 Å². The maximum atomic E-state index is 4.47. The number of nitrogens with one attached hydrogen (secondary N) is 1. The molecular formula is C12H21N3. The molecule has 1 aromatic rings. The van der Waals surface area contributed by atoms with Gasteiger partial charge in [-0.3, -0.25) is 4.68 Å². The van der Waals surface area contributed by atoms with Crippen molar-refractivity contribution in [2.75, 3.05) is 13.6 Å². The van der Waals surface area contributed by atoms with Crippen LogP contribution in [0, 0.1) is 0 Å². The molecule has 1 N–H and O–H groups in total. The molecule has 0 spiro atoms. The average molecular weight is 207 g/mol. The minimum Gasteiger partial charge on any atom is -0.320 e. The molecule has 1 fully saturated rings. The molecule has 0 atom stereocenters. The minimum absolute atomic E-state index is 0.817. The predicted octanol–water partition coefficient (Wildman–Crippen LogP) is 1.93. The molecule has 2 rings (SSSR count). The minimum atomic E-state index is 0.817. The van der Waals surface area contributed by atoms with Gasteiger partial charge in [-0.25, -0.2) is 0 Å². The lowest BCUT2D eigenvalue weighted by Gasteiger charge is -2.06. The standard InChI is InChI=1S/C12H21N3/c1-3-15-12(10-6-7-10)11(9-14-15)5-4-8-13-2/h9-10,13H,3-8H2,1-2H3. The van der Waals surface area contributed by atoms with Gasteiger partial charge in [-0.15, -0.1) is 0 Å². The largest absolute Gasteiger partial charge is 0.320 e. The van der Waals surface area contributed by atoms with Gasteiger partial charge >= 0.3 is 0 Å². The van der Waals surface area contributed by atoms with E-state index in [1.165, 1.54) is 36.9 Å². The second-order valence-corrected chi connectivity index (χ2v) is 4.35. The summed E-state index contributed by atoms with van der Waals surface area (Å²) >= 11 is 0. The Labute approximate surface area is 91.9 Å². The zero-order valence-corrected chi connectivity index (χ0v) is 9.79. The molecule has 1 aromatic heterocycles. The van der Waals surface area contributed by atoms with Crippen molar-refractivity contribution in [1.82, 2.24) is 15.1 Å². The molecule has 0 amide bonds. The predicted molar refractivity (Wildman–Crippen MR) is 62.1 cm³/mol. The Hall–Kier alpha value is -0.830. The number of aryl methyl sites for hydroxylation is 2. The average Bonchev–Trinajstić information content (AvgIpc) is 3.00. The molecule has 15 heavy (non-hydrogen) atoms. The smallest absolute Gasteiger partial charge is 0.0524 e. The summed E-state index contributed by atoms with van der Waals surface area (Å²) in [5, 5.41) is 7.67. The Balaban J connectivity index is 2.05. The molecule has 3 heteroatoms. The van der Waals surface area contributed by atoms with Gasteiger partial charge in [0.05, 0.1) is 6.20 Å². The Morgan fingerprint density at radius 2 is 2.33 bits per heavy atom. The zero-order chi connectivity index (χ0) is 10.7. The Bertz CT molecular complexity index is 313. The van der Waals surface area contributed by atoms with E-state index in [9.17, 15) is 0 Å². The third-order valence-corrected chi connectivity index (χ3v) is 3.10. The summed E-state index contributed by atoms with van der Waals surface area (Å²) in [6.07, 6.45) is 7.19. The highest BCUT2D eigenvalue weighted by Crippen LogP contribution is 2.41. The molecule has 1 aliphatic rings. The van der Waals surface area contributed by atoms with Gasteiger partial charge in [0.2, 0.25) is 0 Å². The van der Waals surface area contributed by atoms with Crippen LogP contribution in [0.15, 0.2) is 6.20 Å². The molecule has 0 unspecified atom stereocenters. The first kappa shape index (κ1) is 10.7. The fourth-order valence-corrected chi connectivity index (χ4v) is 2.16. The molecule has 0 radical (unpaired) electrons. The molecule has 84 valence electrons. The Kier molecular flexibility index (Phi) is 3.41. The molecule has 1 heterocycles. The van der Waals surface area contributed by atoms with Gasteiger partial charge in [0.15, 0.2) is 0 Å². The summed E-state index contributed by atoms with van der Waals surface area (Å²) in [7, 11) is 2.01. The van der Waals surface area contributed by atoms with Crippen LogP contribution in [-0.2, 0) is 13.0 Å². The van der Waals surface area contributed by atoms with Gasteiger partial charge in [-0.1, -0.05) is 0 Å². The van der Waals surface area contributed by atoms with Gasteiger partial charge in [0, 0.05) is 18.2 Å². The molecule has 3 nitrogen and oxygen atoms in total.